The van der Waals surface area contributed by atoms with Gasteiger partial charge < -0.3 is 9.72 Å². The number of fused-ring (bicyclic) bond motifs is 3. The largest absolute Gasteiger partial charge is 0.465 e. The van der Waals surface area contributed by atoms with Crippen LogP contribution in [0.1, 0.15) is 10.4 Å². The van der Waals surface area contributed by atoms with Gasteiger partial charge in [-0.25, -0.2) is 14.8 Å². The van der Waals surface area contributed by atoms with Crippen molar-refractivity contribution in [1.82, 2.24) is 15.0 Å². The zero-order valence-corrected chi connectivity index (χ0v) is 13.5. The smallest absolute Gasteiger partial charge is 0.337 e. The van der Waals surface area contributed by atoms with Gasteiger partial charge in [-0.05, 0) is 12.1 Å². The van der Waals surface area contributed by atoms with E-state index >= 15 is 0 Å². The molecular formula is C18H12ClN3O2. The van der Waals surface area contributed by atoms with Crippen LogP contribution in [-0.4, -0.2) is 28.0 Å². The third-order valence-electron chi connectivity index (χ3n) is 3.86. The third kappa shape index (κ3) is 2.30. The van der Waals surface area contributed by atoms with E-state index in [1.54, 1.807) is 12.1 Å². The van der Waals surface area contributed by atoms with Gasteiger partial charge in [-0.1, -0.05) is 48.0 Å². The quantitative estimate of drug-likeness (QED) is 0.439. The number of ether oxygens (including phenoxy) is 1. The number of H-pyrrole nitrogens is 1. The molecule has 0 fully saturated rings. The summed E-state index contributed by atoms with van der Waals surface area (Å²) < 4.78 is 4.75. The second kappa shape index (κ2) is 5.62. The van der Waals surface area contributed by atoms with Crippen LogP contribution in [0.15, 0.2) is 48.5 Å². The molecule has 0 spiro atoms. The maximum atomic E-state index is 11.7. The van der Waals surface area contributed by atoms with Crippen LogP contribution in [0.25, 0.3) is 33.3 Å². The molecule has 0 amide bonds. The first-order valence-corrected chi connectivity index (χ1v) is 7.68. The minimum Gasteiger partial charge on any atom is -0.465 e. The van der Waals surface area contributed by atoms with Crippen LogP contribution in [0, 0.1) is 0 Å². The van der Waals surface area contributed by atoms with Crippen molar-refractivity contribution in [1.29, 1.82) is 0 Å². The van der Waals surface area contributed by atoms with Gasteiger partial charge in [0.15, 0.2) is 5.82 Å². The van der Waals surface area contributed by atoms with Crippen molar-refractivity contribution in [3.8, 4) is 11.4 Å². The Morgan fingerprint density at radius 1 is 1.12 bits per heavy atom. The second-order valence-corrected chi connectivity index (χ2v) is 5.66. The number of rotatable bonds is 2. The summed E-state index contributed by atoms with van der Waals surface area (Å²) in [6.45, 7) is 0. The van der Waals surface area contributed by atoms with Crippen molar-refractivity contribution in [2.75, 3.05) is 7.11 Å². The molecule has 2 aromatic carbocycles. The fourth-order valence-electron chi connectivity index (χ4n) is 2.72. The lowest BCUT2D eigenvalue weighted by atomic mass is 10.1. The summed E-state index contributed by atoms with van der Waals surface area (Å²) in [6, 6.07) is 14.9. The first kappa shape index (κ1) is 14.7. The maximum Gasteiger partial charge on any atom is 0.337 e. The normalized spacial score (nSPS) is 11.1. The van der Waals surface area contributed by atoms with Crippen LogP contribution >= 0.6 is 11.6 Å². The van der Waals surface area contributed by atoms with Crippen LogP contribution in [0.4, 0.5) is 0 Å². The molecule has 1 N–H and O–H groups in total. The summed E-state index contributed by atoms with van der Waals surface area (Å²) in [4.78, 5) is 23.9. The summed E-state index contributed by atoms with van der Waals surface area (Å²) in [5.74, 6) is 0.158. The van der Waals surface area contributed by atoms with Crippen LogP contribution in [0.3, 0.4) is 0 Å². The van der Waals surface area contributed by atoms with Gasteiger partial charge in [0.05, 0.1) is 18.1 Å². The molecule has 4 rings (SSSR count). The van der Waals surface area contributed by atoms with Gasteiger partial charge in [0.25, 0.3) is 0 Å². The van der Waals surface area contributed by atoms with Gasteiger partial charge in [-0.2, -0.15) is 0 Å². The van der Waals surface area contributed by atoms with Gasteiger partial charge >= 0.3 is 5.97 Å². The van der Waals surface area contributed by atoms with Crippen molar-refractivity contribution in [2.24, 2.45) is 0 Å². The molecule has 0 radical (unpaired) electrons. The number of nitrogens with one attached hydrogen (secondary N) is 1. The summed E-state index contributed by atoms with van der Waals surface area (Å²) in [5, 5.41) is 1.97. The molecule has 5 nitrogen and oxygen atoms in total. The highest BCUT2D eigenvalue weighted by Gasteiger charge is 2.15. The Balaban J connectivity index is 1.95. The summed E-state index contributed by atoms with van der Waals surface area (Å²) in [7, 11) is 1.35. The maximum absolute atomic E-state index is 11.7. The fourth-order valence-corrected chi connectivity index (χ4v) is 2.99. The first-order valence-electron chi connectivity index (χ1n) is 7.30. The molecule has 24 heavy (non-hydrogen) atoms. The average molecular weight is 338 g/mol. The van der Waals surface area contributed by atoms with Crippen molar-refractivity contribution >= 4 is 39.5 Å². The van der Waals surface area contributed by atoms with Crippen LogP contribution in [0.2, 0.25) is 5.15 Å². The van der Waals surface area contributed by atoms with Gasteiger partial charge in [-0.15, -0.1) is 0 Å². The zero-order valence-electron chi connectivity index (χ0n) is 12.7. The monoisotopic (exact) mass is 337 g/mol. The lowest BCUT2D eigenvalue weighted by molar-refractivity contribution is 0.0601. The van der Waals surface area contributed by atoms with E-state index in [9.17, 15) is 4.79 Å². The number of aromatic nitrogens is 3. The summed E-state index contributed by atoms with van der Waals surface area (Å²) in [6.07, 6.45) is 0. The molecule has 0 saturated heterocycles. The number of aromatic amines is 1. The number of hydrogen-bond donors (Lipinski definition) is 1. The van der Waals surface area contributed by atoms with E-state index in [0.717, 1.165) is 21.9 Å². The van der Waals surface area contributed by atoms with Crippen molar-refractivity contribution < 1.29 is 9.53 Å². The average Bonchev–Trinajstić information content (AvgIpc) is 2.99. The van der Waals surface area contributed by atoms with Gasteiger partial charge in [0.1, 0.15) is 10.8 Å². The van der Waals surface area contributed by atoms with Gasteiger partial charge in [0.2, 0.25) is 0 Å². The lowest BCUT2D eigenvalue weighted by Crippen LogP contribution is -2.00. The SMILES string of the molecule is COC(=O)c1ccc2c(c1)[nH]c1nc(-c3ccccc3)nc(Cl)c12. The Morgan fingerprint density at radius 3 is 2.67 bits per heavy atom. The topological polar surface area (TPSA) is 67.9 Å². The zero-order chi connectivity index (χ0) is 16.7. The van der Waals surface area contributed by atoms with Crippen molar-refractivity contribution in [2.45, 2.75) is 0 Å². The number of hydrogen-bond acceptors (Lipinski definition) is 4. The van der Waals surface area contributed by atoms with Crippen molar-refractivity contribution in [3.05, 3.63) is 59.2 Å². The molecule has 0 saturated carbocycles. The standard InChI is InChI=1S/C18H12ClN3O2/c1-24-18(23)11-7-8-12-13(9-11)20-17-14(12)15(19)21-16(22-17)10-5-3-2-4-6-10/h2-9H,1H3,(H,20,21,22). The second-order valence-electron chi connectivity index (χ2n) is 5.30. The van der Waals surface area contributed by atoms with Crippen molar-refractivity contribution in [3.63, 3.8) is 0 Å². The Kier molecular flexibility index (Phi) is 3.43. The van der Waals surface area contributed by atoms with E-state index in [2.05, 4.69) is 15.0 Å². The van der Waals surface area contributed by atoms with E-state index in [1.165, 1.54) is 7.11 Å². The van der Waals surface area contributed by atoms with E-state index in [0.29, 0.717) is 22.2 Å². The Morgan fingerprint density at radius 2 is 1.92 bits per heavy atom. The molecule has 0 aliphatic carbocycles. The molecule has 0 unspecified atom stereocenters. The third-order valence-corrected chi connectivity index (χ3v) is 4.13. The van der Waals surface area contributed by atoms with Gasteiger partial charge in [0, 0.05) is 16.5 Å². The molecule has 0 atom stereocenters. The van der Waals surface area contributed by atoms with E-state index in [1.807, 2.05) is 36.4 Å². The highest BCUT2D eigenvalue weighted by molar-refractivity contribution is 6.36. The molecule has 118 valence electrons. The molecule has 4 aromatic rings. The number of nitrogens with zero attached hydrogens (tertiary/aromatic N) is 2. The number of halogens is 1. The molecule has 0 aliphatic heterocycles. The number of benzene rings is 2. The first-order chi connectivity index (χ1) is 11.7. The predicted molar refractivity (Wildman–Crippen MR) is 93.2 cm³/mol. The molecular weight excluding hydrogens is 326 g/mol. The minimum atomic E-state index is -0.391. The highest BCUT2D eigenvalue weighted by atomic mass is 35.5. The van der Waals surface area contributed by atoms with Crippen LogP contribution in [0.5, 0.6) is 0 Å². The Hall–Kier alpha value is -2.92. The number of carbonyl (C=O) groups excluding carboxylic acids is 1. The minimum absolute atomic E-state index is 0.371. The van der Waals surface area contributed by atoms with E-state index < -0.39 is 5.97 Å². The van der Waals surface area contributed by atoms with Crippen LogP contribution < -0.4 is 0 Å². The highest BCUT2D eigenvalue weighted by Crippen LogP contribution is 2.31. The summed E-state index contributed by atoms with van der Waals surface area (Å²) in [5.41, 5.74) is 2.74. The number of esters is 1. The molecule has 0 bridgehead atoms. The van der Waals surface area contributed by atoms with Gasteiger partial charge in [-0.3, -0.25) is 0 Å². The van der Waals surface area contributed by atoms with E-state index in [4.69, 9.17) is 16.3 Å². The molecule has 6 heteroatoms. The molecule has 0 aliphatic rings. The number of methoxy groups -OCH3 is 1. The number of carbonyl (C=O) groups is 1. The van der Waals surface area contributed by atoms with E-state index in [-0.39, 0.29) is 0 Å². The molecule has 2 aromatic heterocycles. The summed E-state index contributed by atoms with van der Waals surface area (Å²) >= 11 is 6.40. The Labute approximate surface area is 142 Å². The molecule has 2 heterocycles. The Bertz CT molecular complexity index is 1070. The lowest BCUT2D eigenvalue weighted by Gasteiger charge is -2.01. The predicted octanol–water partition coefficient (Wildman–Crippen LogP) is 4.22. The fraction of sp³-hybridized carbons (Fsp3) is 0.0556. The van der Waals surface area contributed by atoms with Crippen LogP contribution in [-0.2, 0) is 4.74 Å².